The van der Waals surface area contributed by atoms with Gasteiger partial charge in [-0.25, -0.2) is 18.8 Å². The molecule has 118 heavy (non-hydrogen) atoms. The summed E-state index contributed by atoms with van der Waals surface area (Å²) < 4.78 is 48.1. The third-order valence-electron chi connectivity index (χ3n) is 23.3. The van der Waals surface area contributed by atoms with Gasteiger partial charge >= 0.3 is 18.3 Å². The number of nitrogens with zero attached hydrogens (tertiary/aromatic N) is 7. The lowest BCUT2D eigenvalue weighted by Crippen LogP contribution is -2.48. The number of aromatic amines is 3. The summed E-state index contributed by atoms with van der Waals surface area (Å²) in [6.45, 7) is 13.1. The van der Waals surface area contributed by atoms with E-state index in [1.54, 1.807) is 77.3 Å². The molecule has 610 valence electrons. The van der Waals surface area contributed by atoms with Crippen LogP contribution in [0.25, 0.3) is 32.7 Å². The van der Waals surface area contributed by atoms with Crippen molar-refractivity contribution >= 4 is 109 Å². The van der Waals surface area contributed by atoms with Gasteiger partial charge in [0.1, 0.15) is 58.4 Å². The maximum atomic E-state index is 13.6. The van der Waals surface area contributed by atoms with E-state index in [9.17, 15) is 23.6 Å². The van der Waals surface area contributed by atoms with E-state index in [0.29, 0.717) is 95.4 Å². The van der Waals surface area contributed by atoms with Crippen molar-refractivity contribution in [3.8, 4) is 34.5 Å². The third-order valence-corrected chi connectivity index (χ3v) is 24.2. The number of ether oxygens (including phenoxy) is 6. The van der Waals surface area contributed by atoms with Crippen LogP contribution in [0.2, 0.25) is 20.1 Å². The maximum Gasteiger partial charge on any atom is 0.416 e. The van der Waals surface area contributed by atoms with Crippen molar-refractivity contribution in [2.45, 2.75) is 76.4 Å². The normalized spacial score (nSPS) is 18.0. The summed E-state index contributed by atoms with van der Waals surface area (Å²) in [6.07, 6.45) is 6.50. The molecule has 3 N–H and O–H groups in total. The molecule has 4 amide bonds. The minimum absolute atomic E-state index is 0.137. The molecular weight excluding hydrogens is 1580 g/mol. The van der Waals surface area contributed by atoms with Crippen LogP contribution in [0.3, 0.4) is 0 Å². The number of nitrogens with one attached hydrogen (secondary N) is 3. The van der Waals surface area contributed by atoms with Crippen LogP contribution in [0.5, 0.6) is 34.5 Å². The first-order valence-electron chi connectivity index (χ1n) is 40.4. The Labute approximate surface area is 705 Å². The van der Waals surface area contributed by atoms with Crippen LogP contribution in [-0.4, -0.2) is 174 Å². The van der Waals surface area contributed by atoms with Gasteiger partial charge in [-0.2, -0.15) is 0 Å². The molecule has 3 fully saturated rings. The van der Waals surface area contributed by atoms with E-state index in [0.717, 1.165) is 149 Å². The summed E-state index contributed by atoms with van der Waals surface area (Å²) in [7, 11) is 3.78. The maximum absolute atomic E-state index is 13.6. The number of rotatable bonds is 16. The van der Waals surface area contributed by atoms with E-state index in [-0.39, 0.29) is 29.8 Å². The minimum atomic E-state index is -0.511. The molecule has 18 rings (SSSR count). The molecule has 20 nitrogen and oxygen atoms in total. The first-order chi connectivity index (χ1) is 57.4. The molecular formula is C93H93Cl4FN10O10. The van der Waals surface area contributed by atoms with Gasteiger partial charge in [0.2, 0.25) is 5.91 Å². The Hall–Kier alpha value is -10.9. The van der Waals surface area contributed by atoms with E-state index in [4.69, 9.17) is 74.8 Å². The summed E-state index contributed by atoms with van der Waals surface area (Å²) in [6, 6.07) is 60.3. The van der Waals surface area contributed by atoms with Crippen molar-refractivity contribution in [1.29, 1.82) is 0 Å². The smallest absolute Gasteiger partial charge is 0.416 e. The van der Waals surface area contributed by atoms with Crippen LogP contribution < -0.4 is 33.3 Å². The average molecular weight is 1670 g/mol. The van der Waals surface area contributed by atoms with Crippen LogP contribution in [0, 0.1) is 11.7 Å². The molecule has 25 heteroatoms. The number of hydrogen-bond donors (Lipinski definition) is 3. The largest absolute Gasteiger partial charge is 0.497 e. The number of methoxy groups -OCH3 is 1. The molecule has 9 aromatic carbocycles. The second-order valence-corrected chi connectivity index (χ2v) is 32.6. The number of hydrogen-bond acceptors (Lipinski definition) is 13. The molecule has 12 aromatic rings. The number of fused-ring (bicyclic) bond motifs is 9. The molecule has 6 aliphatic heterocycles. The van der Waals surface area contributed by atoms with Gasteiger partial charge in [-0.15, -0.1) is 0 Å². The highest BCUT2D eigenvalue weighted by molar-refractivity contribution is 6.32. The summed E-state index contributed by atoms with van der Waals surface area (Å²) in [4.78, 5) is 77.0. The van der Waals surface area contributed by atoms with Gasteiger partial charge in [0.15, 0.2) is 0 Å². The van der Waals surface area contributed by atoms with E-state index in [1.807, 2.05) is 108 Å². The van der Waals surface area contributed by atoms with Gasteiger partial charge in [-0.1, -0.05) is 82.8 Å². The summed E-state index contributed by atoms with van der Waals surface area (Å²) >= 11 is 25.0. The zero-order chi connectivity index (χ0) is 81.5. The number of anilines is 1. The Morgan fingerprint density at radius 3 is 1.27 bits per heavy atom. The van der Waals surface area contributed by atoms with Crippen molar-refractivity contribution in [2.75, 3.05) is 111 Å². The number of likely N-dealkylation sites (tertiary alicyclic amines) is 1. The first-order valence-corrected chi connectivity index (χ1v) is 41.9. The second-order valence-electron chi connectivity index (χ2n) is 30.9. The number of benzene rings is 9. The quantitative estimate of drug-likeness (QED) is 0.0774. The fraction of sp³-hybridized carbons (Fsp3) is 0.312. The lowest BCUT2D eigenvalue weighted by atomic mass is 9.92. The Morgan fingerprint density at radius 2 is 0.839 bits per heavy atom. The zero-order valence-corrected chi connectivity index (χ0v) is 69.0. The summed E-state index contributed by atoms with van der Waals surface area (Å²) in [5.41, 5.74) is 13.5. The molecule has 3 aromatic heterocycles. The lowest BCUT2D eigenvalue weighted by Gasteiger charge is -2.35. The van der Waals surface area contributed by atoms with Gasteiger partial charge in [-0.05, 0) is 262 Å². The van der Waals surface area contributed by atoms with Crippen molar-refractivity contribution in [2.24, 2.45) is 5.92 Å². The van der Waals surface area contributed by atoms with Crippen molar-refractivity contribution < 1.29 is 52.0 Å². The zero-order valence-electron chi connectivity index (χ0n) is 66.0. The molecule has 9 heterocycles. The van der Waals surface area contributed by atoms with Gasteiger partial charge in [-0.3, -0.25) is 24.4 Å². The molecule has 3 saturated heterocycles. The van der Waals surface area contributed by atoms with Gasteiger partial charge in [0.25, 0.3) is 0 Å². The summed E-state index contributed by atoms with van der Waals surface area (Å²) in [5.74, 6) is 3.80. The average Bonchev–Trinajstić information content (AvgIpc) is 1.59. The van der Waals surface area contributed by atoms with Crippen LogP contribution in [0.1, 0.15) is 108 Å². The Bertz CT molecular complexity index is 5540. The Morgan fingerprint density at radius 1 is 0.441 bits per heavy atom. The fourth-order valence-electron chi connectivity index (χ4n) is 17.3. The number of aromatic nitrogens is 3. The van der Waals surface area contributed by atoms with Gasteiger partial charge in [0, 0.05) is 160 Å². The molecule has 0 aliphatic carbocycles. The van der Waals surface area contributed by atoms with Crippen LogP contribution in [0.4, 0.5) is 24.5 Å². The molecule has 0 saturated carbocycles. The van der Waals surface area contributed by atoms with Crippen LogP contribution in [0.15, 0.2) is 200 Å². The number of H-pyrrole nitrogens is 3. The Balaban J connectivity index is 0.000000133. The van der Waals surface area contributed by atoms with Crippen LogP contribution in [-0.2, 0) is 24.1 Å². The first kappa shape index (κ1) is 80.9. The fourth-order valence-corrected chi connectivity index (χ4v) is 17.9. The number of carbonyl (C=O) groups is 4. The highest BCUT2D eigenvalue weighted by atomic mass is 35.5. The molecule has 6 aliphatic rings. The number of amides is 4. The predicted octanol–water partition coefficient (Wildman–Crippen LogP) is 20.0. The van der Waals surface area contributed by atoms with Crippen molar-refractivity contribution in [3.05, 3.63) is 277 Å². The molecule has 4 atom stereocenters. The molecule has 0 bridgehead atoms. The number of halogens is 5. The highest BCUT2D eigenvalue weighted by Crippen LogP contribution is 2.45. The monoisotopic (exact) mass is 1670 g/mol. The van der Waals surface area contributed by atoms with Crippen molar-refractivity contribution in [3.63, 3.8) is 0 Å². The topological polar surface area (TPSA) is 194 Å². The van der Waals surface area contributed by atoms with Gasteiger partial charge in [0.05, 0.1) is 20.3 Å². The van der Waals surface area contributed by atoms with E-state index in [1.165, 1.54) is 66.8 Å². The lowest BCUT2D eigenvalue weighted by molar-refractivity contribution is -0.130. The standard InChI is InChI=1S/C33H34ClFN4O4.C32H34ClN3O4.C28H25Cl2N3O2/c1-22(40)38-18-16-37(17-19-38)14-2-20-42-26-8-3-23(4-9-26)32-31-28(29-21-24(34)5-12-30(29)36-31)13-15-39(32)33(41)43-27-10-6-25(35)7-11-27;1-35-16-3-4-21(19-35)20-39-25-8-5-22(6-9-25)31-30-27(28-18-23(33)7-14-29(28)34-30)15-17-36(31)32(37)40-26-12-10-24(38-2)11-13-26;29-19-5-10-22(11-6-19)35-28(34)33-16-13-23-24-17-20(30)7-12-25(24)31-26(23)27(33)18-3-8-21(9-4-18)32-14-1-2-15-32/h3-12,21,32,36H,2,13-20H2,1H3;5-14,18,21,31,34H,3-4,15-17,19-20H2,1-2H3;3-12,17,27,31H,1-2,13-16H2. The van der Waals surface area contributed by atoms with E-state index < -0.39 is 24.0 Å². The second kappa shape index (κ2) is 36.5. The number of piperidine rings is 1. The van der Waals surface area contributed by atoms with E-state index in [2.05, 4.69) is 61.0 Å². The van der Waals surface area contributed by atoms with E-state index >= 15 is 0 Å². The van der Waals surface area contributed by atoms with Crippen LogP contribution >= 0.6 is 46.4 Å². The summed E-state index contributed by atoms with van der Waals surface area (Å²) in [5, 5.41) is 5.89. The highest BCUT2D eigenvalue weighted by Gasteiger charge is 2.40. The number of carbonyl (C=O) groups excluding carboxylic acids is 4. The SMILES string of the molecule is CC(=O)N1CCN(CCCOc2ccc(C3c4[nH]c5ccc(Cl)cc5c4CCN3C(=O)Oc3ccc(F)cc3)cc2)CC1.COc1ccc(OC(=O)N2CCc3c([nH]c4ccc(Cl)cc34)C2c2ccc(OCC3CCCN(C)C3)cc2)cc1.O=C(Oc1ccc(Cl)cc1)N1CCc2c([nH]c3ccc(Cl)cc23)C1c1ccc(N2CCCC2)cc1. The molecule has 0 spiro atoms. The molecule has 4 unspecified atom stereocenters. The molecule has 0 radical (unpaired) electrons. The number of piperazine rings is 1. The Kier molecular flexibility index (Phi) is 25.0. The van der Waals surface area contributed by atoms with Crippen molar-refractivity contribution in [1.82, 2.24) is 44.4 Å². The minimum Gasteiger partial charge on any atom is -0.497 e. The third kappa shape index (κ3) is 18.5. The predicted molar refractivity (Wildman–Crippen MR) is 461 cm³/mol. The van der Waals surface area contributed by atoms with Gasteiger partial charge < -0.3 is 58.1 Å².